The molecular weight excluding hydrogens is 424 g/mol. The van der Waals surface area contributed by atoms with E-state index in [0.29, 0.717) is 0 Å². The quantitative estimate of drug-likeness (QED) is 0.315. The number of nitrogens with one attached hydrogen (secondary N) is 1. The first-order chi connectivity index (χ1) is 14.2. The van der Waals surface area contributed by atoms with E-state index >= 15 is 0 Å². The van der Waals surface area contributed by atoms with Crippen LogP contribution >= 0.6 is 11.8 Å². The number of hydrogen-bond donors (Lipinski definition) is 3. The second-order valence-corrected chi connectivity index (χ2v) is 7.45. The number of carboxylic acid groups (broad SMARTS) is 2. The minimum atomic E-state index is -1.34. The summed E-state index contributed by atoms with van der Waals surface area (Å²) in [6.07, 6.45) is -0.826. The van der Waals surface area contributed by atoms with Gasteiger partial charge in [0.25, 0.3) is 5.91 Å². The molecule has 3 heterocycles. The van der Waals surface area contributed by atoms with E-state index in [9.17, 15) is 29.1 Å². The molecule has 0 bridgehead atoms. The maximum atomic E-state index is 12.5. The number of thioether (sulfide) groups is 1. The van der Waals surface area contributed by atoms with Gasteiger partial charge in [-0.3, -0.25) is 24.1 Å². The van der Waals surface area contributed by atoms with Crippen molar-refractivity contribution in [1.29, 1.82) is 0 Å². The van der Waals surface area contributed by atoms with E-state index in [4.69, 9.17) is 14.4 Å². The summed E-state index contributed by atoms with van der Waals surface area (Å²) < 4.78 is 9.65. The molecule has 2 amide bonds. The first-order valence-corrected chi connectivity index (χ1v) is 9.58. The van der Waals surface area contributed by atoms with Gasteiger partial charge in [0.2, 0.25) is 11.8 Å². The number of β-lactam (4-membered cyclic amide) rings is 1. The number of carbonyl (C=O) groups is 5. The molecule has 13 nitrogen and oxygen atoms in total. The Balaban J connectivity index is 1.64. The highest BCUT2D eigenvalue weighted by atomic mass is 32.2. The number of carbonyl (C=O) groups excluding carboxylic acids is 3. The second kappa shape index (κ2) is 8.52. The van der Waals surface area contributed by atoms with Crippen LogP contribution in [0, 0.1) is 0 Å². The molecule has 14 heteroatoms. The number of nitrogens with zero attached hydrogens (tertiary/aromatic N) is 3. The van der Waals surface area contributed by atoms with Gasteiger partial charge in [0, 0.05) is 18.2 Å². The van der Waals surface area contributed by atoms with Crippen molar-refractivity contribution in [3.63, 3.8) is 0 Å². The average molecular weight is 440 g/mol. The Morgan fingerprint density at radius 2 is 2.03 bits per heavy atom. The van der Waals surface area contributed by atoms with Gasteiger partial charge < -0.3 is 24.8 Å². The maximum Gasteiger partial charge on any atom is 0.352 e. The normalized spacial score (nSPS) is 20.3. The van der Waals surface area contributed by atoms with Crippen molar-refractivity contribution in [3.05, 3.63) is 23.0 Å². The minimum Gasteiger partial charge on any atom is -0.481 e. The standard InChI is InChI=1S/C16H16N4O9S/c1-6(21)28-4-7-5-30-15-12(14(25)20(15)13(7)16(26)27)18-9(22)3-10-17-8(19-29-10)2-11(23)24/h12,15H,2-5H2,1H3,(H,18,22)(H,23,24)(H,26,27)/t12?,15-/m0/s1. The lowest BCUT2D eigenvalue weighted by atomic mass is 10.0. The molecule has 1 fully saturated rings. The molecule has 0 spiro atoms. The van der Waals surface area contributed by atoms with Crippen LogP contribution in [0.25, 0.3) is 0 Å². The molecular formula is C16H16N4O9S. The fraction of sp³-hybridized carbons (Fsp3) is 0.438. The topological polar surface area (TPSA) is 189 Å². The molecule has 2 aliphatic heterocycles. The van der Waals surface area contributed by atoms with E-state index in [1.54, 1.807) is 0 Å². The van der Waals surface area contributed by atoms with Crippen LogP contribution in [0.5, 0.6) is 0 Å². The van der Waals surface area contributed by atoms with Crippen LogP contribution in [-0.4, -0.2) is 78.8 Å². The first kappa shape index (κ1) is 21.3. The summed E-state index contributed by atoms with van der Waals surface area (Å²) in [4.78, 5) is 62.8. The van der Waals surface area contributed by atoms with Crippen LogP contribution in [0.15, 0.2) is 15.8 Å². The Bertz CT molecular complexity index is 956. The molecule has 0 saturated carbocycles. The van der Waals surface area contributed by atoms with Crippen LogP contribution in [0.3, 0.4) is 0 Å². The monoisotopic (exact) mass is 440 g/mol. The number of hydrogen-bond acceptors (Lipinski definition) is 10. The Labute approximate surface area is 172 Å². The number of amides is 2. The lowest BCUT2D eigenvalue weighted by molar-refractivity contribution is -0.151. The highest BCUT2D eigenvalue weighted by Crippen LogP contribution is 2.40. The van der Waals surface area contributed by atoms with Crippen LogP contribution in [0.4, 0.5) is 0 Å². The van der Waals surface area contributed by atoms with Gasteiger partial charge in [0.15, 0.2) is 5.82 Å². The third kappa shape index (κ3) is 4.42. The van der Waals surface area contributed by atoms with Gasteiger partial charge in [-0.1, -0.05) is 5.16 Å². The van der Waals surface area contributed by atoms with Gasteiger partial charge in [0.05, 0.1) is 0 Å². The van der Waals surface area contributed by atoms with Crippen LogP contribution < -0.4 is 5.32 Å². The van der Waals surface area contributed by atoms with Gasteiger partial charge >= 0.3 is 17.9 Å². The molecule has 2 aliphatic rings. The second-order valence-electron chi connectivity index (χ2n) is 6.34. The third-order valence-corrected chi connectivity index (χ3v) is 5.49. The van der Waals surface area contributed by atoms with Crippen LogP contribution in [0.2, 0.25) is 0 Å². The largest absolute Gasteiger partial charge is 0.481 e. The van der Waals surface area contributed by atoms with Gasteiger partial charge in [0.1, 0.15) is 36.6 Å². The smallest absolute Gasteiger partial charge is 0.352 e. The van der Waals surface area contributed by atoms with Crippen molar-refractivity contribution < 1.29 is 43.4 Å². The zero-order chi connectivity index (χ0) is 22.0. The van der Waals surface area contributed by atoms with E-state index < -0.39 is 47.6 Å². The highest BCUT2D eigenvalue weighted by molar-refractivity contribution is 8.00. The summed E-state index contributed by atoms with van der Waals surface area (Å²) in [5.41, 5.74) is 0.0274. The van der Waals surface area contributed by atoms with Gasteiger partial charge in [-0.25, -0.2) is 4.79 Å². The van der Waals surface area contributed by atoms with Crippen molar-refractivity contribution in [2.75, 3.05) is 12.4 Å². The van der Waals surface area contributed by atoms with E-state index in [1.807, 2.05) is 0 Å². The zero-order valence-electron chi connectivity index (χ0n) is 15.5. The molecule has 3 N–H and O–H groups in total. The van der Waals surface area contributed by atoms with E-state index in [-0.39, 0.29) is 41.8 Å². The summed E-state index contributed by atoms with van der Waals surface area (Å²) in [5.74, 6) is -4.30. The molecule has 1 saturated heterocycles. The van der Waals surface area contributed by atoms with Crippen molar-refractivity contribution in [2.45, 2.75) is 31.2 Å². The number of aromatic nitrogens is 2. The molecule has 0 radical (unpaired) electrons. The Morgan fingerprint density at radius 1 is 1.30 bits per heavy atom. The zero-order valence-corrected chi connectivity index (χ0v) is 16.3. The lowest BCUT2D eigenvalue weighted by Crippen LogP contribution is -2.70. The number of fused-ring (bicyclic) bond motifs is 1. The van der Waals surface area contributed by atoms with Crippen molar-refractivity contribution in [3.8, 4) is 0 Å². The minimum absolute atomic E-state index is 0.0874. The Hall–Kier alpha value is -3.42. The molecule has 2 atom stereocenters. The Kier molecular flexibility index (Phi) is 6.05. The van der Waals surface area contributed by atoms with Crippen LogP contribution in [-0.2, 0) is 41.6 Å². The predicted molar refractivity (Wildman–Crippen MR) is 95.7 cm³/mol. The fourth-order valence-electron chi connectivity index (χ4n) is 2.91. The van der Waals surface area contributed by atoms with E-state index in [1.165, 1.54) is 18.7 Å². The molecule has 3 rings (SSSR count). The summed E-state index contributed by atoms with van der Waals surface area (Å²) in [6.45, 7) is 0.946. The molecule has 1 aromatic rings. The molecule has 160 valence electrons. The van der Waals surface area contributed by atoms with Crippen molar-refractivity contribution >= 4 is 41.5 Å². The first-order valence-electron chi connectivity index (χ1n) is 8.53. The van der Waals surface area contributed by atoms with E-state index in [0.717, 1.165) is 4.90 Å². The lowest BCUT2D eigenvalue weighted by Gasteiger charge is -2.49. The molecule has 1 aromatic heterocycles. The molecule has 0 aliphatic carbocycles. The number of aliphatic carboxylic acids is 2. The SMILES string of the molecule is CC(=O)OCC1=C(C(=O)O)N2C(=O)C(NC(=O)Cc3nc(CC(=O)O)no3)[C@@H]2SC1. The van der Waals surface area contributed by atoms with Crippen LogP contribution in [0.1, 0.15) is 18.6 Å². The van der Waals surface area contributed by atoms with Crippen molar-refractivity contribution in [1.82, 2.24) is 20.4 Å². The molecule has 0 aromatic carbocycles. The number of carboxylic acids is 2. The number of ether oxygens (including phenoxy) is 1. The predicted octanol–water partition coefficient (Wildman–Crippen LogP) is -1.46. The van der Waals surface area contributed by atoms with Gasteiger partial charge in [-0.15, -0.1) is 11.8 Å². The average Bonchev–Trinajstić information content (AvgIpc) is 3.09. The van der Waals surface area contributed by atoms with Gasteiger partial charge in [-0.2, -0.15) is 4.98 Å². The van der Waals surface area contributed by atoms with E-state index in [2.05, 4.69) is 15.5 Å². The highest BCUT2D eigenvalue weighted by Gasteiger charge is 2.54. The number of rotatable bonds is 8. The fourth-order valence-corrected chi connectivity index (χ4v) is 4.24. The summed E-state index contributed by atoms with van der Waals surface area (Å²) >= 11 is 1.23. The summed E-state index contributed by atoms with van der Waals surface area (Å²) in [6, 6.07) is -0.950. The number of esters is 1. The third-order valence-electron chi connectivity index (χ3n) is 4.15. The van der Waals surface area contributed by atoms with Gasteiger partial charge in [-0.05, 0) is 0 Å². The molecule has 30 heavy (non-hydrogen) atoms. The summed E-state index contributed by atoms with van der Waals surface area (Å²) in [7, 11) is 0. The van der Waals surface area contributed by atoms with Crippen molar-refractivity contribution in [2.24, 2.45) is 0 Å². The Morgan fingerprint density at radius 3 is 2.67 bits per heavy atom. The molecule has 1 unspecified atom stereocenters. The maximum absolute atomic E-state index is 12.5. The summed E-state index contributed by atoms with van der Waals surface area (Å²) in [5, 5.41) is 23.5.